The van der Waals surface area contributed by atoms with E-state index in [9.17, 15) is 0 Å². The average Bonchev–Trinajstić information content (AvgIpc) is 4.07. The highest BCUT2D eigenvalue weighted by atomic mass is 16.5. The molecule has 4 fully saturated rings. The summed E-state index contributed by atoms with van der Waals surface area (Å²) in [7, 11) is 0. The highest BCUT2D eigenvalue weighted by Gasteiger charge is 2.58. The quantitative estimate of drug-likeness (QED) is 0.152. The van der Waals surface area contributed by atoms with E-state index in [4.69, 9.17) is 9.72 Å². The Balaban J connectivity index is 0.759. The van der Waals surface area contributed by atoms with Crippen molar-refractivity contribution in [3.05, 3.63) is 224 Å². The maximum atomic E-state index is 6.86. The molecule has 1 aliphatic heterocycles. The Morgan fingerprint density at radius 1 is 0.400 bits per heavy atom. The van der Waals surface area contributed by atoms with Crippen LogP contribution in [0.4, 0.5) is 22.7 Å². The Hall–Kier alpha value is -8.09. The van der Waals surface area contributed by atoms with Crippen molar-refractivity contribution in [1.82, 2.24) is 14.1 Å². The molecular weight excluding hydrogens is 855 g/mol. The van der Waals surface area contributed by atoms with Gasteiger partial charge in [-0.2, -0.15) is 0 Å². The van der Waals surface area contributed by atoms with Crippen LogP contribution in [0.25, 0.3) is 55.1 Å². The predicted octanol–water partition coefficient (Wildman–Crippen LogP) is 16.1. The van der Waals surface area contributed by atoms with Crippen LogP contribution in [0.1, 0.15) is 43.2 Å². The van der Waals surface area contributed by atoms with Gasteiger partial charge in [-0.3, -0.25) is 4.57 Å². The smallest absolute Gasteiger partial charge is 0.137 e. The summed E-state index contributed by atoms with van der Waals surface area (Å²) in [6.07, 6.45) is 8.84. The highest BCUT2D eigenvalue weighted by Crippen LogP contribution is 2.65. The maximum Gasteiger partial charge on any atom is 0.137 e. The molecule has 70 heavy (non-hydrogen) atoms. The van der Waals surface area contributed by atoms with Crippen molar-refractivity contribution in [3.63, 3.8) is 0 Å². The van der Waals surface area contributed by atoms with Crippen LogP contribution in [0.5, 0.6) is 11.5 Å². The lowest BCUT2D eigenvalue weighted by Crippen LogP contribution is -2.56. The number of rotatable bonds is 8. The average molecular weight is 906 g/mol. The number of ether oxygens (including phenoxy) is 1. The zero-order chi connectivity index (χ0) is 45.9. The number of hydrogen-bond donors (Lipinski definition) is 0. The first-order valence-corrected chi connectivity index (χ1v) is 25.2. The van der Waals surface area contributed by atoms with Crippen LogP contribution in [0.2, 0.25) is 0 Å². The molecule has 3 aromatic heterocycles. The van der Waals surface area contributed by atoms with Crippen molar-refractivity contribution in [2.75, 3.05) is 16.5 Å². The van der Waals surface area contributed by atoms with E-state index >= 15 is 0 Å². The highest BCUT2D eigenvalue weighted by molar-refractivity contribution is 6.10. The molecule has 0 saturated heterocycles. The molecule has 6 nitrogen and oxygen atoms in total. The standard InChI is InChI=1S/C64H51N5O/c1-2-13-44(14-3-1)64(46-34-42-33-43(36-46)37-47(64)35-42)45-31-32-65-63(38-45)69-59-22-9-6-19-55(59)56-30-29-52(40-62(56)69)70-51-16-12-15-50(39-51)67-41-66(60-23-10-11-24-61(60)67)48-25-27-49(28-26-48)68-57-20-7-4-17-53(57)54-18-5-8-21-58(54)68/h1-32,38-40,42-43,46-47H,33-37,41H2. The van der Waals surface area contributed by atoms with Gasteiger partial charge in [0.15, 0.2) is 0 Å². The molecule has 4 saturated carbocycles. The first-order chi connectivity index (χ1) is 34.7. The number of anilines is 4. The largest absolute Gasteiger partial charge is 0.457 e. The minimum atomic E-state index is -0.00364. The van der Waals surface area contributed by atoms with Crippen LogP contribution in [-0.2, 0) is 5.41 Å². The van der Waals surface area contributed by atoms with Crippen LogP contribution in [0.15, 0.2) is 212 Å². The van der Waals surface area contributed by atoms with Gasteiger partial charge in [-0.05, 0) is 158 Å². The van der Waals surface area contributed by atoms with E-state index in [1.54, 1.807) is 0 Å². The molecule has 0 radical (unpaired) electrons. The zero-order valence-electron chi connectivity index (χ0n) is 38.9. The topological polar surface area (TPSA) is 38.5 Å². The monoisotopic (exact) mass is 905 g/mol. The third-order valence-electron chi connectivity index (χ3n) is 16.9. The number of pyridine rings is 1. The Morgan fingerprint density at radius 3 is 1.63 bits per heavy atom. The lowest BCUT2D eigenvalue weighted by molar-refractivity contribution is -0.0418. The van der Waals surface area contributed by atoms with Gasteiger partial charge in [-0.25, -0.2) is 4.98 Å². The normalized spacial score (nSPS) is 21.4. The number of benzene rings is 8. The number of aromatic nitrogens is 3. The minimum Gasteiger partial charge on any atom is -0.457 e. The molecule has 0 unspecified atom stereocenters. The summed E-state index contributed by atoms with van der Waals surface area (Å²) in [5, 5.41) is 4.93. The number of nitrogens with zero attached hydrogens (tertiary/aromatic N) is 5. The van der Waals surface area contributed by atoms with Gasteiger partial charge in [0.25, 0.3) is 0 Å². The van der Waals surface area contributed by atoms with E-state index in [1.165, 1.54) is 81.5 Å². The van der Waals surface area contributed by atoms with Gasteiger partial charge in [0.1, 0.15) is 24.0 Å². The van der Waals surface area contributed by atoms with E-state index < -0.39 is 0 Å². The summed E-state index contributed by atoms with van der Waals surface area (Å²) in [5.74, 6) is 5.59. The van der Waals surface area contributed by atoms with E-state index in [2.05, 4.69) is 231 Å². The van der Waals surface area contributed by atoms with Crippen LogP contribution in [0, 0.1) is 23.7 Å². The minimum absolute atomic E-state index is 0.00364. The summed E-state index contributed by atoms with van der Waals surface area (Å²) in [6.45, 7) is 0.671. The van der Waals surface area contributed by atoms with Crippen molar-refractivity contribution in [3.8, 4) is 23.0 Å². The van der Waals surface area contributed by atoms with E-state index in [1.807, 2.05) is 0 Å². The molecule has 0 N–H and O–H groups in total. The molecule has 4 aliphatic carbocycles. The summed E-state index contributed by atoms with van der Waals surface area (Å²) in [6, 6.07) is 75.2. The third kappa shape index (κ3) is 5.95. The lowest BCUT2D eigenvalue weighted by atomic mass is 9.42. The van der Waals surface area contributed by atoms with E-state index in [0.29, 0.717) is 18.5 Å². The maximum absolute atomic E-state index is 6.86. The molecule has 11 aromatic rings. The van der Waals surface area contributed by atoms with Gasteiger partial charge in [0.05, 0.1) is 33.4 Å². The first-order valence-electron chi connectivity index (χ1n) is 25.2. The van der Waals surface area contributed by atoms with E-state index in [0.717, 1.165) is 62.9 Å². The Morgan fingerprint density at radius 2 is 0.957 bits per heavy atom. The third-order valence-corrected chi connectivity index (χ3v) is 16.9. The predicted molar refractivity (Wildman–Crippen MR) is 286 cm³/mol. The lowest BCUT2D eigenvalue weighted by Gasteiger charge is -2.62. The number of para-hydroxylation sites is 5. The first kappa shape index (κ1) is 39.9. The van der Waals surface area contributed by atoms with Gasteiger partial charge < -0.3 is 19.1 Å². The van der Waals surface area contributed by atoms with Gasteiger partial charge >= 0.3 is 0 Å². The van der Waals surface area contributed by atoms with Crippen LogP contribution in [0.3, 0.4) is 0 Å². The molecule has 16 rings (SSSR count). The van der Waals surface area contributed by atoms with Gasteiger partial charge in [-0.1, -0.05) is 103 Å². The van der Waals surface area contributed by atoms with Gasteiger partial charge in [0.2, 0.25) is 0 Å². The van der Waals surface area contributed by atoms with Crippen LogP contribution >= 0.6 is 0 Å². The van der Waals surface area contributed by atoms with Crippen molar-refractivity contribution < 1.29 is 4.74 Å². The molecule has 0 atom stereocenters. The summed E-state index contributed by atoms with van der Waals surface area (Å²) >= 11 is 0. The number of fused-ring (bicyclic) bond motifs is 7. The second-order valence-electron chi connectivity index (χ2n) is 20.4. The van der Waals surface area contributed by atoms with Crippen LogP contribution < -0.4 is 14.5 Å². The summed E-state index contributed by atoms with van der Waals surface area (Å²) < 4.78 is 11.6. The van der Waals surface area contributed by atoms with Crippen molar-refractivity contribution in [2.45, 2.75) is 37.5 Å². The van der Waals surface area contributed by atoms with Crippen molar-refractivity contribution >= 4 is 66.4 Å². The second-order valence-corrected chi connectivity index (χ2v) is 20.4. The van der Waals surface area contributed by atoms with Crippen molar-refractivity contribution in [1.29, 1.82) is 0 Å². The molecule has 8 aromatic carbocycles. The molecule has 6 heteroatoms. The van der Waals surface area contributed by atoms with E-state index in [-0.39, 0.29) is 5.41 Å². The van der Waals surface area contributed by atoms with Crippen LogP contribution in [-0.4, -0.2) is 20.8 Å². The SMILES string of the molecule is c1ccc(C2(c3ccnc(-n4c5ccccc5c5ccc(Oc6cccc(N7CN(c8ccc(-n9c%10ccccc%10c%10ccccc%109)cc8)c8ccccc87)c6)cc54)c3)C3CC4CC(C3)CC2C4)cc1. The Labute approximate surface area is 407 Å². The molecule has 4 bridgehead atoms. The second kappa shape index (κ2) is 15.5. The summed E-state index contributed by atoms with van der Waals surface area (Å²) in [5.41, 5.74) is 13.3. The zero-order valence-corrected chi connectivity index (χ0v) is 38.9. The fourth-order valence-corrected chi connectivity index (χ4v) is 14.3. The molecule has 338 valence electrons. The van der Waals surface area contributed by atoms with Gasteiger partial charge in [-0.15, -0.1) is 0 Å². The van der Waals surface area contributed by atoms with Crippen molar-refractivity contribution in [2.24, 2.45) is 23.7 Å². The molecule has 0 amide bonds. The fourth-order valence-electron chi connectivity index (χ4n) is 14.3. The Kier molecular flexibility index (Phi) is 8.80. The van der Waals surface area contributed by atoms with Gasteiger partial charge in [0, 0.05) is 62.4 Å². The number of hydrogen-bond acceptors (Lipinski definition) is 4. The fraction of sp³-hybridized carbons (Fsp3) is 0.172. The Bertz CT molecular complexity index is 3750. The molecule has 5 aliphatic rings. The molecule has 0 spiro atoms. The molecular formula is C64H51N5O. The molecule has 4 heterocycles. The summed E-state index contributed by atoms with van der Waals surface area (Å²) in [4.78, 5) is 9.97.